The summed E-state index contributed by atoms with van der Waals surface area (Å²) >= 11 is 0. The second kappa shape index (κ2) is 5.84. The van der Waals surface area contributed by atoms with Crippen LogP contribution in [0.2, 0.25) is 0 Å². The molecule has 1 aliphatic rings. The van der Waals surface area contributed by atoms with Crippen LogP contribution in [0.25, 0.3) is 0 Å². The molecule has 19 heavy (non-hydrogen) atoms. The van der Waals surface area contributed by atoms with E-state index in [2.05, 4.69) is 0 Å². The molecule has 4 nitrogen and oxygen atoms in total. The van der Waals surface area contributed by atoms with Gasteiger partial charge in [-0.2, -0.15) is 0 Å². The number of ether oxygens (including phenoxy) is 1. The SMILES string of the molecule is COCC1=CCN(C(=O)c2cccc(F)c2N)CC1. The lowest BCUT2D eigenvalue weighted by molar-refractivity contribution is 0.0765. The van der Waals surface area contributed by atoms with Crippen molar-refractivity contribution in [3.8, 4) is 0 Å². The standard InChI is InChI=1S/C14H17FN2O2/c1-19-9-10-5-7-17(8-6-10)14(18)11-3-2-4-12(15)13(11)16/h2-5H,6-9,16H2,1H3. The number of nitrogens with two attached hydrogens (primary N) is 1. The van der Waals surface area contributed by atoms with Gasteiger partial charge in [-0.1, -0.05) is 12.1 Å². The van der Waals surface area contributed by atoms with Crippen molar-refractivity contribution in [3.05, 3.63) is 41.2 Å². The average Bonchev–Trinajstić information content (AvgIpc) is 2.42. The monoisotopic (exact) mass is 264 g/mol. The topological polar surface area (TPSA) is 55.6 Å². The zero-order valence-electron chi connectivity index (χ0n) is 10.9. The van der Waals surface area contributed by atoms with Gasteiger partial charge in [0.25, 0.3) is 5.91 Å². The van der Waals surface area contributed by atoms with Gasteiger partial charge in [0.1, 0.15) is 5.82 Å². The third-order valence-corrected chi connectivity index (χ3v) is 3.20. The summed E-state index contributed by atoms with van der Waals surface area (Å²) in [5.41, 5.74) is 6.93. The fourth-order valence-corrected chi connectivity index (χ4v) is 2.11. The van der Waals surface area contributed by atoms with Crippen molar-refractivity contribution in [1.29, 1.82) is 0 Å². The Kier molecular flexibility index (Phi) is 4.16. The van der Waals surface area contributed by atoms with Gasteiger partial charge < -0.3 is 15.4 Å². The summed E-state index contributed by atoms with van der Waals surface area (Å²) in [5, 5.41) is 0. The lowest BCUT2D eigenvalue weighted by Crippen LogP contribution is -2.35. The van der Waals surface area contributed by atoms with Crippen LogP contribution < -0.4 is 5.73 Å². The number of nitrogens with zero attached hydrogens (tertiary/aromatic N) is 1. The van der Waals surface area contributed by atoms with Gasteiger partial charge in [-0.05, 0) is 24.1 Å². The smallest absolute Gasteiger partial charge is 0.256 e. The number of para-hydroxylation sites is 1. The van der Waals surface area contributed by atoms with Crippen LogP contribution in [0, 0.1) is 5.82 Å². The number of methoxy groups -OCH3 is 1. The largest absolute Gasteiger partial charge is 0.396 e. The highest BCUT2D eigenvalue weighted by Crippen LogP contribution is 2.20. The van der Waals surface area contributed by atoms with Crippen LogP contribution >= 0.6 is 0 Å². The van der Waals surface area contributed by atoms with E-state index >= 15 is 0 Å². The van der Waals surface area contributed by atoms with Gasteiger partial charge in [0, 0.05) is 20.2 Å². The lowest BCUT2D eigenvalue weighted by Gasteiger charge is -2.26. The zero-order valence-corrected chi connectivity index (χ0v) is 10.9. The van der Waals surface area contributed by atoms with Crippen LogP contribution in [0.1, 0.15) is 16.8 Å². The molecule has 1 aromatic carbocycles. The highest BCUT2D eigenvalue weighted by Gasteiger charge is 2.21. The Morgan fingerprint density at radius 2 is 2.32 bits per heavy atom. The van der Waals surface area contributed by atoms with Gasteiger partial charge >= 0.3 is 0 Å². The molecule has 0 spiro atoms. The van der Waals surface area contributed by atoms with Crippen LogP contribution in [0.5, 0.6) is 0 Å². The number of benzene rings is 1. The van der Waals surface area contributed by atoms with Crippen molar-refractivity contribution >= 4 is 11.6 Å². The quantitative estimate of drug-likeness (QED) is 0.669. The zero-order chi connectivity index (χ0) is 13.8. The number of carbonyl (C=O) groups is 1. The lowest BCUT2D eigenvalue weighted by atomic mass is 10.1. The number of rotatable bonds is 3. The minimum atomic E-state index is -0.557. The third kappa shape index (κ3) is 2.93. The number of halogens is 1. The molecule has 0 aliphatic carbocycles. The molecule has 5 heteroatoms. The summed E-state index contributed by atoms with van der Waals surface area (Å²) in [6.45, 7) is 1.70. The molecule has 0 fully saturated rings. The Bertz CT molecular complexity index is 514. The average molecular weight is 264 g/mol. The molecule has 1 aliphatic heterocycles. The van der Waals surface area contributed by atoms with Crippen molar-refractivity contribution in [3.63, 3.8) is 0 Å². The molecule has 2 N–H and O–H groups in total. The fourth-order valence-electron chi connectivity index (χ4n) is 2.11. The van der Waals surface area contributed by atoms with E-state index in [1.165, 1.54) is 17.7 Å². The predicted molar refractivity (Wildman–Crippen MR) is 71.3 cm³/mol. The van der Waals surface area contributed by atoms with Crippen LogP contribution in [0.3, 0.4) is 0 Å². The van der Waals surface area contributed by atoms with E-state index in [0.717, 1.165) is 6.42 Å². The van der Waals surface area contributed by atoms with E-state index in [0.29, 0.717) is 19.7 Å². The maximum Gasteiger partial charge on any atom is 0.256 e. The maximum absolute atomic E-state index is 13.3. The second-order valence-corrected chi connectivity index (χ2v) is 4.50. The molecule has 0 saturated heterocycles. The molecular formula is C14H17FN2O2. The number of anilines is 1. The molecular weight excluding hydrogens is 247 g/mol. The first-order chi connectivity index (χ1) is 9.13. The molecule has 0 atom stereocenters. The number of carbonyl (C=O) groups excluding carboxylic acids is 1. The summed E-state index contributed by atoms with van der Waals surface area (Å²) in [6, 6.07) is 4.29. The molecule has 2 rings (SSSR count). The van der Waals surface area contributed by atoms with Crippen LogP contribution in [-0.2, 0) is 4.74 Å². The highest BCUT2D eigenvalue weighted by molar-refractivity contribution is 5.99. The summed E-state index contributed by atoms with van der Waals surface area (Å²) in [5.74, 6) is -0.789. The van der Waals surface area contributed by atoms with Crippen molar-refractivity contribution < 1.29 is 13.9 Å². The summed E-state index contributed by atoms with van der Waals surface area (Å²) in [6.07, 6.45) is 2.75. The number of hydrogen-bond acceptors (Lipinski definition) is 3. The maximum atomic E-state index is 13.3. The second-order valence-electron chi connectivity index (χ2n) is 4.50. The van der Waals surface area contributed by atoms with E-state index in [1.54, 1.807) is 18.1 Å². The minimum Gasteiger partial charge on any atom is -0.396 e. The van der Waals surface area contributed by atoms with Gasteiger partial charge in [-0.15, -0.1) is 0 Å². The Morgan fingerprint density at radius 1 is 1.53 bits per heavy atom. The van der Waals surface area contributed by atoms with E-state index < -0.39 is 5.82 Å². The van der Waals surface area contributed by atoms with E-state index in [1.807, 2.05) is 6.08 Å². The number of hydrogen-bond donors (Lipinski definition) is 1. The van der Waals surface area contributed by atoms with Crippen molar-refractivity contribution in [2.75, 3.05) is 32.5 Å². The Hall–Kier alpha value is -1.88. The Morgan fingerprint density at radius 3 is 2.95 bits per heavy atom. The fraction of sp³-hybridized carbons (Fsp3) is 0.357. The molecule has 1 amide bonds. The molecule has 0 aromatic heterocycles. The molecule has 1 heterocycles. The minimum absolute atomic E-state index is 0.0841. The van der Waals surface area contributed by atoms with Crippen LogP contribution in [-0.4, -0.2) is 37.6 Å². The number of amides is 1. The van der Waals surface area contributed by atoms with Crippen LogP contribution in [0.15, 0.2) is 29.8 Å². The third-order valence-electron chi connectivity index (χ3n) is 3.20. The highest BCUT2D eigenvalue weighted by atomic mass is 19.1. The van der Waals surface area contributed by atoms with Crippen molar-refractivity contribution in [2.45, 2.75) is 6.42 Å². The molecule has 102 valence electrons. The molecule has 0 unspecified atom stereocenters. The van der Waals surface area contributed by atoms with Gasteiger partial charge in [0.15, 0.2) is 0 Å². The van der Waals surface area contributed by atoms with E-state index in [-0.39, 0.29) is 17.2 Å². The summed E-state index contributed by atoms with van der Waals surface area (Å²) in [7, 11) is 1.64. The predicted octanol–water partition coefficient (Wildman–Crippen LogP) is 1.83. The first-order valence-corrected chi connectivity index (χ1v) is 6.13. The van der Waals surface area contributed by atoms with Gasteiger partial charge in [0.2, 0.25) is 0 Å². The van der Waals surface area contributed by atoms with Crippen molar-refractivity contribution in [2.24, 2.45) is 0 Å². The molecule has 1 aromatic rings. The number of nitrogen functional groups attached to an aromatic ring is 1. The summed E-state index contributed by atoms with van der Waals surface area (Å²) in [4.78, 5) is 13.9. The molecule has 0 radical (unpaired) electrons. The van der Waals surface area contributed by atoms with E-state index in [9.17, 15) is 9.18 Å². The molecule has 0 saturated carbocycles. The molecule has 0 bridgehead atoms. The Labute approximate surface area is 111 Å². The van der Waals surface area contributed by atoms with Crippen molar-refractivity contribution in [1.82, 2.24) is 4.90 Å². The van der Waals surface area contributed by atoms with Gasteiger partial charge in [-0.3, -0.25) is 4.79 Å². The first-order valence-electron chi connectivity index (χ1n) is 6.13. The van der Waals surface area contributed by atoms with Crippen LogP contribution in [0.4, 0.5) is 10.1 Å². The summed E-state index contributed by atoms with van der Waals surface area (Å²) < 4.78 is 18.4. The van der Waals surface area contributed by atoms with Gasteiger partial charge in [-0.25, -0.2) is 4.39 Å². The first kappa shape index (κ1) is 13.5. The van der Waals surface area contributed by atoms with E-state index in [4.69, 9.17) is 10.5 Å². The Balaban J connectivity index is 2.12. The normalized spacial score (nSPS) is 15.3. The van der Waals surface area contributed by atoms with Gasteiger partial charge in [0.05, 0.1) is 17.9 Å².